The van der Waals surface area contributed by atoms with E-state index in [1.54, 1.807) is 6.07 Å². The lowest BCUT2D eigenvalue weighted by Crippen LogP contribution is -2.13. The van der Waals surface area contributed by atoms with E-state index < -0.39 is 0 Å². The largest absolute Gasteiger partial charge is 0.320 e. The van der Waals surface area contributed by atoms with E-state index >= 15 is 0 Å². The van der Waals surface area contributed by atoms with Crippen LogP contribution >= 0.6 is 22.6 Å². The van der Waals surface area contributed by atoms with Crippen LogP contribution < -0.4 is 5.73 Å². The third kappa shape index (κ3) is 3.79. The van der Waals surface area contributed by atoms with Gasteiger partial charge >= 0.3 is 0 Å². The summed E-state index contributed by atoms with van der Waals surface area (Å²) in [4.78, 5) is 0. The molecule has 0 fully saturated rings. The molecule has 0 radical (unpaired) electrons. The van der Waals surface area contributed by atoms with Gasteiger partial charge in [-0.25, -0.2) is 4.39 Å². The highest BCUT2D eigenvalue weighted by atomic mass is 127. The van der Waals surface area contributed by atoms with Crippen LogP contribution in [0.3, 0.4) is 0 Å². The minimum Gasteiger partial charge on any atom is -0.320 e. The zero-order valence-corrected chi connectivity index (χ0v) is 13.9. The predicted octanol–water partition coefficient (Wildman–Crippen LogP) is 4.68. The van der Waals surface area contributed by atoms with E-state index in [4.69, 9.17) is 5.73 Å². The van der Waals surface area contributed by atoms with Gasteiger partial charge in [0, 0.05) is 3.57 Å². The van der Waals surface area contributed by atoms with E-state index in [0.717, 1.165) is 21.1 Å². The first-order valence-corrected chi connectivity index (χ1v) is 7.84. The van der Waals surface area contributed by atoms with Crippen LogP contribution in [0.5, 0.6) is 0 Å². The molecule has 0 saturated heterocycles. The minimum absolute atomic E-state index is 0.212. The lowest BCUT2D eigenvalue weighted by Gasteiger charge is -2.15. The summed E-state index contributed by atoms with van der Waals surface area (Å²) in [6, 6.07) is 12.9. The quantitative estimate of drug-likeness (QED) is 0.763. The molecular weight excluding hydrogens is 364 g/mol. The summed E-state index contributed by atoms with van der Waals surface area (Å²) >= 11 is 2.13. The van der Waals surface area contributed by atoms with Crippen LogP contribution in [0, 0.1) is 15.3 Å². The highest BCUT2D eigenvalue weighted by molar-refractivity contribution is 14.1. The molecule has 3 heteroatoms. The Kier molecular flexibility index (Phi) is 5.16. The van der Waals surface area contributed by atoms with Crippen LogP contribution in [-0.4, -0.2) is 0 Å². The van der Waals surface area contributed by atoms with Crippen molar-refractivity contribution in [1.29, 1.82) is 0 Å². The SMILES string of the molecule is CC(C)Cc1ccc(C(N)c2ccc(F)cc2I)cc1. The van der Waals surface area contributed by atoms with Crippen LogP contribution in [0.25, 0.3) is 0 Å². The average Bonchev–Trinajstić information content (AvgIpc) is 2.38. The van der Waals surface area contributed by atoms with Crippen LogP contribution in [0.4, 0.5) is 4.39 Å². The fraction of sp³-hybridized carbons (Fsp3) is 0.294. The third-order valence-corrected chi connectivity index (χ3v) is 4.21. The van der Waals surface area contributed by atoms with Crippen molar-refractivity contribution >= 4 is 22.6 Å². The molecule has 2 N–H and O–H groups in total. The van der Waals surface area contributed by atoms with Crippen molar-refractivity contribution in [1.82, 2.24) is 0 Å². The van der Waals surface area contributed by atoms with Crippen molar-refractivity contribution in [2.75, 3.05) is 0 Å². The number of rotatable bonds is 4. The molecule has 0 amide bonds. The first-order chi connectivity index (χ1) is 9.47. The Balaban J connectivity index is 2.22. The Morgan fingerprint density at radius 1 is 1.10 bits per heavy atom. The molecule has 1 nitrogen and oxygen atoms in total. The number of hydrogen-bond donors (Lipinski definition) is 1. The van der Waals surface area contributed by atoms with Gasteiger partial charge in [0.05, 0.1) is 6.04 Å². The molecule has 0 aliphatic carbocycles. The summed E-state index contributed by atoms with van der Waals surface area (Å²) < 4.78 is 14.0. The van der Waals surface area contributed by atoms with Crippen molar-refractivity contribution in [3.8, 4) is 0 Å². The molecule has 2 aromatic rings. The second kappa shape index (κ2) is 6.68. The normalized spacial score (nSPS) is 12.7. The Labute approximate surface area is 133 Å². The van der Waals surface area contributed by atoms with Crippen molar-refractivity contribution in [2.45, 2.75) is 26.3 Å². The fourth-order valence-electron chi connectivity index (χ4n) is 2.27. The molecule has 0 aliphatic heterocycles. The summed E-state index contributed by atoms with van der Waals surface area (Å²) in [6.45, 7) is 4.42. The van der Waals surface area contributed by atoms with Gasteiger partial charge in [0.1, 0.15) is 5.82 Å². The standard InChI is InChI=1S/C17H19FIN/c1-11(2)9-12-3-5-13(6-4-12)17(20)15-8-7-14(18)10-16(15)19/h3-8,10-11,17H,9,20H2,1-2H3. The number of benzene rings is 2. The topological polar surface area (TPSA) is 26.0 Å². The molecule has 0 heterocycles. The first kappa shape index (κ1) is 15.4. The Hall–Kier alpha value is -0.940. The zero-order chi connectivity index (χ0) is 14.7. The van der Waals surface area contributed by atoms with Gasteiger partial charge < -0.3 is 5.73 Å². The summed E-state index contributed by atoms with van der Waals surface area (Å²) in [5, 5.41) is 0. The zero-order valence-electron chi connectivity index (χ0n) is 11.7. The van der Waals surface area contributed by atoms with Gasteiger partial charge in [-0.05, 0) is 63.8 Å². The van der Waals surface area contributed by atoms with Gasteiger partial charge in [0.2, 0.25) is 0 Å². The van der Waals surface area contributed by atoms with Gasteiger partial charge in [0.25, 0.3) is 0 Å². The smallest absolute Gasteiger partial charge is 0.124 e. The van der Waals surface area contributed by atoms with E-state index in [0.29, 0.717) is 5.92 Å². The minimum atomic E-state index is -0.224. The second-order valence-electron chi connectivity index (χ2n) is 5.48. The van der Waals surface area contributed by atoms with Crippen molar-refractivity contribution in [3.05, 3.63) is 68.5 Å². The van der Waals surface area contributed by atoms with Crippen LogP contribution in [0.15, 0.2) is 42.5 Å². The molecule has 0 spiro atoms. The molecule has 0 bridgehead atoms. The monoisotopic (exact) mass is 383 g/mol. The third-order valence-electron chi connectivity index (χ3n) is 3.28. The average molecular weight is 383 g/mol. The van der Waals surface area contributed by atoms with Crippen molar-refractivity contribution in [3.63, 3.8) is 0 Å². The Morgan fingerprint density at radius 3 is 2.30 bits per heavy atom. The number of nitrogens with two attached hydrogens (primary N) is 1. The maximum atomic E-state index is 13.1. The maximum absolute atomic E-state index is 13.1. The van der Waals surface area contributed by atoms with E-state index in [1.807, 2.05) is 0 Å². The molecule has 1 unspecified atom stereocenters. The lowest BCUT2D eigenvalue weighted by molar-refractivity contribution is 0.625. The molecule has 1 atom stereocenters. The number of halogens is 2. The van der Waals surface area contributed by atoms with E-state index in [1.165, 1.54) is 17.7 Å². The molecule has 106 valence electrons. The highest BCUT2D eigenvalue weighted by Gasteiger charge is 2.12. The maximum Gasteiger partial charge on any atom is 0.124 e. The first-order valence-electron chi connectivity index (χ1n) is 6.76. The highest BCUT2D eigenvalue weighted by Crippen LogP contribution is 2.25. The molecular formula is C17H19FIN. The molecule has 0 saturated carbocycles. The van der Waals surface area contributed by atoms with Crippen molar-refractivity contribution < 1.29 is 4.39 Å². The van der Waals surface area contributed by atoms with Gasteiger partial charge in [-0.15, -0.1) is 0 Å². The van der Waals surface area contributed by atoms with E-state index in [2.05, 4.69) is 60.7 Å². The van der Waals surface area contributed by atoms with Crippen LogP contribution in [-0.2, 0) is 6.42 Å². The van der Waals surface area contributed by atoms with Gasteiger partial charge in [-0.1, -0.05) is 44.2 Å². The Bertz CT molecular complexity index is 578. The van der Waals surface area contributed by atoms with E-state index in [9.17, 15) is 4.39 Å². The molecule has 20 heavy (non-hydrogen) atoms. The van der Waals surface area contributed by atoms with E-state index in [-0.39, 0.29) is 11.9 Å². The van der Waals surface area contributed by atoms with Gasteiger partial charge in [-0.2, -0.15) is 0 Å². The lowest BCUT2D eigenvalue weighted by atomic mass is 9.96. The molecule has 0 aliphatic rings. The fourth-order valence-corrected chi connectivity index (χ4v) is 3.08. The molecule has 2 rings (SSSR count). The molecule has 0 aromatic heterocycles. The Morgan fingerprint density at radius 2 is 1.75 bits per heavy atom. The summed E-state index contributed by atoms with van der Waals surface area (Å²) in [6.07, 6.45) is 1.07. The summed E-state index contributed by atoms with van der Waals surface area (Å²) in [5.41, 5.74) is 9.63. The molecule has 2 aromatic carbocycles. The van der Waals surface area contributed by atoms with Gasteiger partial charge in [-0.3, -0.25) is 0 Å². The van der Waals surface area contributed by atoms with Gasteiger partial charge in [0.15, 0.2) is 0 Å². The van der Waals surface area contributed by atoms with Crippen LogP contribution in [0.1, 0.15) is 36.6 Å². The second-order valence-corrected chi connectivity index (χ2v) is 6.65. The number of hydrogen-bond acceptors (Lipinski definition) is 1. The van der Waals surface area contributed by atoms with Crippen LogP contribution in [0.2, 0.25) is 0 Å². The van der Waals surface area contributed by atoms with Crippen molar-refractivity contribution in [2.24, 2.45) is 11.7 Å². The predicted molar refractivity (Wildman–Crippen MR) is 90.1 cm³/mol. The summed E-state index contributed by atoms with van der Waals surface area (Å²) in [5.74, 6) is 0.421. The summed E-state index contributed by atoms with van der Waals surface area (Å²) in [7, 11) is 0.